The number of aliphatic carboxylic acids is 1. The third kappa shape index (κ3) is 3.44. The lowest BCUT2D eigenvalue weighted by Crippen LogP contribution is -2.43. The summed E-state index contributed by atoms with van der Waals surface area (Å²) in [5, 5.41) is 9.12. The maximum atomic E-state index is 12.6. The van der Waals surface area contributed by atoms with Crippen molar-refractivity contribution in [2.45, 2.75) is 65.3 Å². The Hall–Kier alpha value is -1.39. The van der Waals surface area contributed by atoms with Crippen molar-refractivity contribution in [2.75, 3.05) is 0 Å². The zero-order valence-corrected chi connectivity index (χ0v) is 13.1. The molecule has 21 heavy (non-hydrogen) atoms. The molecule has 3 unspecified atom stereocenters. The van der Waals surface area contributed by atoms with E-state index >= 15 is 0 Å². The quantitative estimate of drug-likeness (QED) is 0.808. The van der Waals surface area contributed by atoms with Gasteiger partial charge in [-0.2, -0.15) is 0 Å². The van der Waals surface area contributed by atoms with Crippen molar-refractivity contribution in [1.29, 1.82) is 0 Å². The average molecular weight is 295 g/mol. The summed E-state index contributed by atoms with van der Waals surface area (Å²) in [6.45, 7) is 6.00. The maximum absolute atomic E-state index is 12.6. The molecule has 118 valence electrons. The van der Waals surface area contributed by atoms with Gasteiger partial charge < -0.3 is 5.11 Å². The third-order valence-electron chi connectivity index (χ3n) is 4.50. The van der Waals surface area contributed by atoms with Crippen LogP contribution in [0.25, 0.3) is 0 Å². The van der Waals surface area contributed by atoms with Gasteiger partial charge in [-0.3, -0.25) is 19.3 Å². The Balaban J connectivity index is 2.24. The first-order valence-corrected chi connectivity index (χ1v) is 7.79. The van der Waals surface area contributed by atoms with E-state index in [4.69, 9.17) is 5.11 Å². The Morgan fingerprint density at radius 3 is 2.05 bits per heavy atom. The van der Waals surface area contributed by atoms with Gasteiger partial charge in [-0.05, 0) is 24.7 Å². The van der Waals surface area contributed by atoms with Crippen molar-refractivity contribution in [3.05, 3.63) is 0 Å². The van der Waals surface area contributed by atoms with Crippen molar-refractivity contribution in [3.63, 3.8) is 0 Å². The van der Waals surface area contributed by atoms with Gasteiger partial charge >= 0.3 is 5.97 Å². The lowest BCUT2D eigenvalue weighted by Gasteiger charge is -2.31. The minimum absolute atomic E-state index is 0.131. The Bertz CT molecular complexity index is 428. The number of carboxylic acids is 1. The highest BCUT2D eigenvalue weighted by Crippen LogP contribution is 2.40. The number of amides is 2. The fourth-order valence-electron chi connectivity index (χ4n) is 3.71. The molecule has 0 spiro atoms. The minimum atomic E-state index is -0.959. The van der Waals surface area contributed by atoms with Crippen molar-refractivity contribution >= 4 is 17.8 Å². The summed E-state index contributed by atoms with van der Waals surface area (Å²) in [7, 11) is 0. The van der Waals surface area contributed by atoms with Gasteiger partial charge in [0.2, 0.25) is 11.8 Å². The maximum Gasteiger partial charge on any atom is 0.305 e. The second kappa shape index (κ2) is 5.78. The highest BCUT2D eigenvalue weighted by Gasteiger charge is 2.50. The Kier molecular flexibility index (Phi) is 4.40. The highest BCUT2D eigenvalue weighted by molar-refractivity contribution is 6.05. The molecule has 2 rings (SSSR count). The molecule has 0 aromatic rings. The average Bonchev–Trinajstić information content (AvgIpc) is 2.59. The molecule has 5 nitrogen and oxygen atoms in total. The van der Waals surface area contributed by atoms with E-state index in [1.54, 1.807) is 0 Å². The van der Waals surface area contributed by atoms with E-state index in [1.165, 1.54) is 4.90 Å². The number of hydrogen-bond acceptors (Lipinski definition) is 3. The summed E-state index contributed by atoms with van der Waals surface area (Å²) in [5.41, 5.74) is -0.131. The standard InChI is InChI=1S/C16H25NO4/c1-16(2,3)9-10(8-13(18)19)17-14(20)11-6-4-5-7-12(11)15(17)21/h10-12H,4-9H2,1-3H3,(H,18,19). The molecule has 2 aliphatic rings. The highest BCUT2D eigenvalue weighted by atomic mass is 16.4. The van der Waals surface area contributed by atoms with Crippen molar-refractivity contribution in [1.82, 2.24) is 4.90 Å². The molecular formula is C16H25NO4. The van der Waals surface area contributed by atoms with Gasteiger partial charge in [-0.25, -0.2) is 0 Å². The normalized spacial score (nSPS) is 27.7. The first kappa shape index (κ1) is 16.0. The predicted octanol–water partition coefficient (Wildman–Crippen LogP) is 2.44. The molecule has 0 aromatic carbocycles. The van der Waals surface area contributed by atoms with Gasteiger partial charge in [0.1, 0.15) is 0 Å². The topological polar surface area (TPSA) is 74.7 Å². The van der Waals surface area contributed by atoms with Crippen molar-refractivity contribution in [3.8, 4) is 0 Å². The van der Waals surface area contributed by atoms with Crippen LogP contribution in [-0.2, 0) is 14.4 Å². The summed E-state index contributed by atoms with van der Waals surface area (Å²) in [4.78, 5) is 37.6. The smallest absolute Gasteiger partial charge is 0.305 e. The summed E-state index contributed by atoms with van der Waals surface area (Å²) in [6.07, 6.45) is 3.86. The number of carbonyl (C=O) groups excluding carboxylic acids is 2. The molecule has 1 heterocycles. The van der Waals surface area contributed by atoms with Crippen LogP contribution in [0.3, 0.4) is 0 Å². The molecule has 0 radical (unpaired) electrons. The monoisotopic (exact) mass is 295 g/mol. The summed E-state index contributed by atoms with van der Waals surface area (Å²) >= 11 is 0. The third-order valence-corrected chi connectivity index (χ3v) is 4.50. The zero-order chi connectivity index (χ0) is 15.8. The molecule has 1 saturated heterocycles. The van der Waals surface area contributed by atoms with Crippen LogP contribution in [0.5, 0.6) is 0 Å². The fraction of sp³-hybridized carbons (Fsp3) is 0.812. The molecule has 2 fully saturated rings. The first-order valence-electron chi connectivity index (χ1n) is 7.79. The van der Waals surface area contributed by atoms with E-state index in [2.05, 4.69) is 0 Å². The summed E-state index contributed by atoms with van der Waals surface area (Å²) < 4.78 is 0. The van der Waals surface area contributed by atoms with Gasteiger partial charge in [0.25, 0.3) is 0 Å². The Morgan fingerprint density at radius 2 is 1.67 bits per heavy atom. The minimum Gasteiger partial charge on any atom is -0.481 e. The number of carbonyl (C=O) groups is 3. The number of hydrogen-bond donors (Lipinski definition) is 1. The van der Waals surface area contributed by atoms with Crippen molar-refractivity contribution < 1.29 is 19.5 Å². The molecule has 3 atom stereocenters. The molecule has 1 aliphatic carbocycles. The second-order valence-corrected chi connectivity index (χ2v) is 7.56. The molecule has 1 N–H and O–H groups in total. The molecular weight excluding hydrogens is 270 g/mol. The number of imide groups is 1. The number of likely N-dealkylation sites (tertiary alicyclic amines) is 1. The first-order chi connectivity index (χ1) is 9.70. The van der Waals surface area contributed by atoms with Gasteiger partial charge in [-0.1, -0.05) is 33.6 Å². The van der Waals surface area contributed by atoms with Crippen LogP contribution in [0.15, 0.2) is 0 Å². The summed E-state index contributed by atoms with van der Waals surface area (Å²) in [5.74, 6) is -1.65. The largest absolute Gasteiger partial charge is 0.481 e. The molecule has 0 bridgehead atoms. The molecule has 2 amide bonds. The van der Waals surface area contributed by atoms with E-state index in [1.807, 2.05) is 20.8 Å². The summed E-state index contributed by atoms with van der Waals surface area (Å²) in [6, 6.07) is -0.520. The fourth-order valence-corrected chi connectivity index (χ4v) is 3.71. The predicted molar refractivity (Wildman–Crippen MR) is 77.4 cm³/mol. The Morgan fingerprint density at radius 1 is 1.19 bits per heavy atom. The number of fused-ring (bicyclic) bond motifs is 1. The van der Waals surface area contributed by atoms with Crippen LogP contribution in [0.2, 0.25) is 0 Å². The van der Waals surface area contributed by atoms with Crippen molar-refractivity contribution in [2.24, 2.45) is 17.3 Å². The van der Waals surface area contributed by atoms with Gasteiger partial charge in [0.05, 0.1) is 24.3 Å². The molecule has 1 aliphatic heterocycles. The zero-order valence-electron chi connectivity index (χ0n) is 13.1. The van der Waals surface area contributed by atoms with Crippen LogP contribution in [0.1, 0.15) is 59.3 Å². The van der Waals surface area contributed by atoms with Crippen LogP contribution >= 0.6 is 0 Å². The SMILES string of the molecule is CC(C)(C)CC(CC(=O)O)N1C(=O)C2CCCCC2C1=O. The van der Waals surface area contributed by atoms with Crippen LogP contribution in [-0.4, -0.2) is 33.8 Å². The number of carboxylic acid groups (broad SMARTS) is 1. The number of nitrogens with zero attached hydrogens (tertiary/aromatic N) is 1. The van der Waals surface area contributed by atoms with Gasteiger partial charge in [0, 0.05) is 0 Å². The second-order valence-electron chi connectivity index (χ2n) is 7.56. The van der Waals surface area contributed by atoms with E-state index in [9.17, 15) is 14.4 Å². The molecule has 1 saturated carbocycles. The number of rotatable bonds is 4. The molecule has 5 heteroatoms. The van der Waals surface area contributed by atoms with E-state index in [0.717, 1.165) is 25.7 Å². The van der Waals surface area contributed by atoms with Gasteiger partial charge in [-0.15, -0.1) is 0 Å². The lowest BCUT2D eigenvalue weighted by molar-refractivity contribution is -0.146. The van der Waals surface area contributed by atoms with Gasteiger partial charge in [0.15, 0.2) is 0 Å². The van der Waals surface area contributed by atoms with Crippen LogP contribution in [0.4, 0.5) is 0 Å². The van der Waals surface area contributed by atoms with E-state index in [-0.39, 0.29) is 35.5 Å². The van der Waals surface area contributed by atoms with Crippen LogP contribution < -0.4 is 0 Å². The lowest BCUT2D eigenvalue weighted by atomic mass is 9.81. The van der Waals surface area contributed by atoms with E-state index < -0.39 is 12.0 Å². The molecule has 0 aromatic heterocycles. The Labute approximate surface area is 125 Å². The van der Waals surface area contributed by atoms with E-state index in [0.29, 0.717) is 6.42 Å². The van der Waals surface area contributed by atoms with Crippen LogP contribution in [0, 0.1) is 17.3 Å².